The van der Waals surface area contributed by atoms with Crippen molar-refractivity contribution in [3.63, 3.8) is 0 Å². The summed E-state index contributed by atoms with van der Waals surface area (Å²) in [7, 11) is 0. The molecule has 3 rings (SSSR count). The summed E-state index contributed by atoms with van der Waals surface area (Å²) in [6, 6.07) is 14.6. The molecular weight excluding hydrogens is 368 g/mol. The summed E-state index contributed by atoms with van der Waals surface area (Å²) in [6.07, 6.45) is 2.42. The number of nitrogens with zero attached hydrogens (tertiary/aromatic N) is 1. The fourth-order valence-corrected chi connectivity index (χ4v) is 3.57. The predicted molar refractivity (Wildman–Crippen MR) is 111 cm³/mol. The number of carboxylic acids is 1. The third-order valence-electron chi connectivity index (χ3n) is 5.43. The molecule has 0 aromatic heterocycles. The highest BCUT2D eigenvalue weighted by Crippen LogP contribution is 2.23. The minimum atomic E-state index is -1.03. The average Bonchev–Trinajstić information content (AvgIpc) is 2.74. The van der Waals surface area contributed by atoms with E-state index in [0.29, 0.717) is 38.0 Å². The van der Waals surface area contributed by atoms with Crippen LogP contribution < -0.4 is 5.32 Å². The molecule has 1 aliphatic rings. The van der Waals surface area contributed by atoms with Gasteiger partial charge in [-0.15, -0.1) is 0 Å². The van der Waals surface area contributed by atoms with Crippen LogP contribution in [0.4, 0.5) is 5.69 Å². The summed E-state index contributed by atoms with van der Waals surface area (Å²) in [5.74, 6) is -1.20. The predicted octanol–water partition coefficient (Wildman–Crippen LogP) is 3.50. The number of benzene rings is 2. The van der Waals surface area contributed by atoms with E-state index in [0.717, 1.165) is 17.5 Å². The molecule has 0 atom stereocenters. The highest BCUT2D eigenvalue weighted by molar-refractivity contribution is 5.96. The number of aromatic carboxylic acids is 1. The minimum Gasteiger partial charge on any atom is -0.478 e. The van der Waals surface area contributed by atoms with Gasteiger partial charge in [0.05, 0.1) is 5.56 Å². The molecule has 2 N–H and O–H groups in total. The molecule has 2 amide bonds. The van der Waals surface area contributed by atoms with Gasteiger partial charge in [-0.2, -0.15) is 0 Å². The Morgan fingerprint density at radius 2 is 1.76 bits per heavy atom. The van der Waals surface area contributed by atoms with Crippen molar-refractivity contribution in [2.75, 3.05) is 18.4 Å². The quantitative estimate of drug-likeness (QED) is 0.785. The number of amides is 2. The number of rotatable bonds is 6. The number of nitrogens with one attached hydrogen (secondary N) is 1. The molecule has 0 saturated carbocycles. The lowest BCUT2D eigenvalue weighted by Crippen LogP contribution is -2.41. The van der Waals surface area contributed by atoms with Crippen LogP contribution in [0.15, 0.2) is 48.5 Å². The smallest absolute Gasteiger partial charge is 0.335 e. The summed E-state index contributed by atoms with van der Waals surface area (Å²) >= 11 is 0. The van der Waals surface area contributed by atoms with Gasteiger partial charge in [0.25, 0.3) is 0 Å². The number of carbonyl (C=O) groups excluding carboxylic acids is 2. The van der Waals surface area contributed by atoms with Gasteiger partial charge in [-0.25, -0.2) is 4.79 Å². The van der Waals surface area contributed by atoms with Crippen LogP contribution >= 0.6 is 0 Å². The third-order valence-corrected chi connectivity index (χ3v) is 5.43. The topological polar surface area (TPSA) is 86.7 Å². The van der Waals surface area contributed by atoms with Crippen LogP contribution in [0.2, 0.25) is 0 Å². The molecule has 0 radical (unpaired) electrons. The molecule has 0 spiro atoms. The van der Waals surface area contributed by atoms with Crippen molar-refractivity contribution in [2.24, 2.45) is 5.92 Å². The Morgan fingerprint density at radius 1 is 1.07 bits per heavy atom. The van der Waals surface area contributed by atoms with Crippen molar-refractivity contribution in [1.82, 2.24) is 4.90 Å². The molecule has 2 aromatic rings. The Balaban J connectivity index is 1.50. The number of hydrogen-bond donors (Lipinski definition) is 2. The van der Waals surface area contributed by atoms with Gasteiger partial charge in [-0.3, -0.25) is 9.59 Å². The summed E-state index contributed by atoms with van der Waals surface area (Å²) in [6.45, 7) is 2.97. The maximum Gasteiger partial charge on any atom is 0.335 e. The molecule has 2 aromatic carbocycles. The molecule has 0 bridgehead atoms. The van der Waals surface area contributed by atoms with Crippen LogP contribution in [0.5, 0.6) is 0 Å². The van der Waals surface area contributed by atoms with Crippen LogP contribution in [0.1, 0.15) is 40.7 Å². The Morgan fingerprint density at radius 3 is 2.41 bits per heavy atom. The number of hydrogen-bond acceptors (Lipinski definition) is 3. The van der Waals surface area contributed by atoms with Gasteiger partial charge >= 0.3 is 5.97 Å². The molecule has 1 saturated heterocycles. The maximum atomic E-state index is 12.6. The molecule has 6 nitrogen and oxygen atoms in total. The normalized spacial score (nSPS) is 14.4. The van der Waals surface area contributed by atoms with Crippen LogP contribution in [0.3, 0.4) is 0 Å². The highest BCUT2D eigenvalue weighted by Gasteiger charge is 2.27. The van der Waals surface area contributed by atoms with Gasteiger partial charge in [-0.05, 0) is 49.4 Å². The number of carboxylic acid groups (broad SMARTS) is 1. The molecular formula is C23H26N2O4. The molecule has 29 heavy (non-hydrogen) atoms. The van der Waals surface area contributed by atoms with E-state index in [-0.39, 0.29) is 23.3 Å². The van der Waals surface area contributed by atoms with Crippen molar-refractivity contribution in [3.8, 4) is 0 Å². The van der Waals surface area contributed by atoms with Gasteiger partial charge in [0.15, 0.2) is 0 Å². The Labute approximate surface area is 170 Å². The van der Waals surface area contributed by atoms with E-state index < -0.39 is 5.97 Å². The molecule has 1 fully saturated rings. The number of likely N-dealkylation sites (tertiary alicyclic amines) is 1. The number of piperidine rings is 1. The lowest BCUT2D eigenvalue weighted by atomic mass is 9.95. The zero-order chi connectivity index (χ0) is 20.8. The van der Waals surface area contributed by atoms with Gasteiger partial charge in [0, 0.05) is 31.1 Å². The first kappa shape index (κ1) is 20.6. The van der Waals surface area contributed by atoms with Gasteiger partial charge in [-0.1, -0.05) is 36.4 Å². The van der Waals surface area contributed by atoms with E-state index >= 15 is 0 Å². The summed E-state index contributed by atoms with van der Waals surface area (Å²) in [5, 5.41) is 12.0. The number of aryl methyl sites for hydroxylation is 2. The van der Waals surface area contributed by atoms with E-state index in [4.69, 9.17) is 5.11 Å². The van der Waals surface area contributed by atoms with Gasteiger partial charge in [0.1, 0.15) is 0 Å². The van der Waals surface area contributed by atoms with Gasteiger partial charge in [0.2, 0.25) is 11.8 Å². The third kappa shape index (κ3) is 5.44. The molecule has 0 aliphatic carbocycles. The average molecular weight is 394 g/mol. The van der Waals surface area contributed by atoms with E-state index in [9.17, 15) is 14.4 Å². The molecule has 6 heteroatoms. The fourth-order valence-electron chi connectivity index (χ4n) is 3.57. The number of anilines is 1. The van der Waals surface area contributed by atoms with Crippen molar-refractivity contribution in [1.29, 1.82) is 0 Å². The second kappa shape index (κ2) is 9.37. The van der Waals surface area contributed by atoms with Crippen molar-refractivity contribution >= 4 is 23.5 Å². The second-order valence-corrected chi connectivity index (χ2v) is 7.46. The lowest BCUT2D eigenvalue weighted by Gasteiger charge is -2.31. The van der Waals surface area contributed by atoms with Gasteiger partial charge < -0.3 is 15.3 Å². The number of carbonyl (C=O) groups is 3. The summed E-state index contributed by atoms with van der Waals surface area (Å²) in [4.78, 5) is 38.1. The van der Waals surface area contributed by atoms with E-state index in [1.54, 1.807) is 6.07 Å². The van der Waals surface area contributed by atoms with Crippen molar-refractivity contribution in [3.05, 3.63) is 65.2 Å². The SMILES string of the molecule is Cc1ccc(C(=O)O)cc1NC(=O)C1CCN(C(=O)CCc2ccccc2)CC1. The Hall–Kier alpha value is -3.15. The van der Waals surface area contributed by atoms with Crippen LogP contribution in [0, 0.1) is 12.8 Å². The zero-order valence-corrected chi connectivity index (χ0v) is 16.6. The largest absolute Gasteiger partial charge is 0.478 e. The van der Waals surface area contributed by atoms with Crippen LogP contribution in [-0.4, -0.2) is 40.9 Å². The summed E-state index contributed by atoms with van der Waals surface area (Å²) < 4.78 is 0. The Bertz CT molecular complexity index is 887. The van der Waals surface area contributed by atoms with E-state index in [1.165, 1.54) is 12.1 Å². The first-order valence-corrected chi connectivity index (χ1v) is 9.90. The zero-order valence-electron chi connectivity index (χ0n) is 16.6. The van der Waals surface area contributed by atoms with Crippen molar-refractivity contribution < 1.29 is 19.5 Å². The molecule has 152 valence electrons. The maximum absolute atomic E-state index is 12.6. The first-order valence-electron chi connectivity index (χ1n) is 9.90. The highest BCUT2D eigenvalue weighted by atomic mass is 16.4. The summed E-state index contributed by atoms with van der Waals surface area (Å²) in [5.41, 5.74) is 2.63. The van der Waals surface area contributed by atoms with Crippen LogP contribution in [-0.2, 0) is 16.0 Å². The van der Waals surface area contributed by atoms with E-state index in [2.05, 4.69) is 5.32 Å². The standard InChI is InChI=1S/C23H26N2O4/c1-16-7-9-19(23(28)29)15-20(16)24-22(27)18-11-13-25(14-12-18)21(26)10-8-17-5-3-2-4-6-17/h2-7,9,15,18H,8,10-14H2,1H3,(H,24,27)(H,28,29). The minimum absolute atomic E-state index is 0.118. The monoisotopic (exact) mass is 394 g/mol. The Kier molecular flexibility index (Phi) is 6.65. The fraction of sp³-hybridized carbons (Fsp3) is 0.348. The van der Waals surface area contributed by atoms with Crippen molar-refractivity contribution in [2.45, 2.75) is 32.6 Å². The van der Waals surface area contributed by atoms with E-state index in [1.807, 2.05) is 42.2 Å². The van der Waals surface area contributed by atoms with Crippen LogP contribution in [0.25, 0.3) is 0 Å². The lowest BCUT2D eigenvalue weighted by molar-refractivity contribution is -0.134. The molecule has 1 aliphatic heterocycles. The second-order valence-electron chi connectivity index (χ2n) is 7.46. The first-order chi connectivity index (χ1) is 13.9. The molecule has 1 heterocycles. The molecule has 0 unspecified atom stereocenters.